The first-order valence-electron chi connectivity index (χ1n) is 7.55. The minimum atomic E-state index is -0.762. The van der Waals surface area contributed by atoms with Crippen molar-refractivity contribution in [1.82, 2.24) is 10.6 Å². The lowest BCUT2D eigenvalue weighted by Crippen LogP contribution is -2.51. The van der Waals surface area contributed by atoms with Gasteiger partial charge in [-0.15, -0.1) is 0 Å². The fourth-order valence-electron chi connectivity index (χ4n) is 2.60. The van der Waals surface area contributed by atoms with Crippen LogP contribution in [-0.2, 0) is 9.59 Å². The zero-order valence-corrected chi connectivity index (χ0v) is 12.9. The van der Waals surface area contributed by atoms with E-state index >= 15 is 0 Å². The number of carbonyl (C=O) groups excluding carboxylic acids is 1. The van der Waals surface area contributed by atoms with E-state index in [1.54, 1.807) is 0 Å². The third-order valence-corrected chi connectivity index (χ3v) is 4.17. The molecular formula is C15H28N2O3. The number of piperidine rings is 1. The molecule has 1 aliphatic heterocycles. The van der Waals surface area contributed by atoms with Gasteiger partial charge in [-0.1, -0.05) is 20.8 Å². The Kier molecular flexibility index (Phi) is 6.46. The van der Waals surface area contributed by atoms with E-state index in [2.05, 4.69) is 17.6 Å². The summed E-state index contributed by atoms with van der Waals surface area (Å²) < 4.78 is 0. The van der Waals surface area contributed by atoms with Crippen molar-refractivity contribution in [2.24, 2.45) is 11.3 Å². The number of rotatable bonds is 7. The lowest BCUT2D eigenvalue weighted by molar-refractivity contribution is -0.137. The van der Waals surface area contributed by atoms with Crippen LogP contribution in [0.15, 0.2) is 0 Å². The number of hydrogen-bond acceptors (Lipinski definition) is 3. The molecule has 0 aromatic rings. The minimum Gasteiger partial charge on any atom is -0.481 e. The highest BCUT2D eigenvalue weighted by molar-refractivity contribution is 5.82. The first-order valence-corrected chi connectivity index (χ1v) is 7.55. The molecule has 5 heteroatoms. The van der Waals surface area contributed by atoms with Gasteiger partial charge in [0.1, 0.15) is 0 Å². The average molecular weight is 284 g/mol. The van der Waals surface area contributed by atoms with Gasteiger partial charge in [0.25, 0.3) is 0 Å². The minimum absolute atomic E-state index is 0.0583. The Labute approximate surface area is 121 Å². The fourth-order valence-corrected chi connectivity index (χ4v) is 2.60. The summed E-state index contributed by atoms with van der Waals surface area (Å²) >= 11 is 0. The van der Waals surface area contributed by atoms with Crippen LogP contribution in [0.5, 0.6) is 0 Å². The lowest BCUT2D eigenvalue weighted by Gasteiger charge is -2.30. The Morgan fingerprint density at radius 1 is 1.35 bits per heavy atom. The predicted octanol–water partition coefficient (Wildman–Crippen LogP) is 1.77. The largest absolute Gasteiger partial charge is 0.481 e. The van der Waals surface area contributed by atoms with Gasteiger partial charge in [-0.2, -0.15) is 0 Å². The molecule has 1 saturated heterocycles. The maximum atomic E-state index is 12.1. The molecule has 1 rings (SSSR count). The van der Waals surface area contributed by atoms with E-state index in [0.717, 1.165) is 25.8 Å². The summed E-state index contributed by atoms with van der Waals surface area (Å²) in [7, 11) is 0. The quantitative estimate of drug-likeness (QED) is 0.666. The van der Waals surface area contributed by atoms with Gasteiger partial charge in [0.2, 0.25) is 5.91 Å². The highest BCUT2D eigenvalue weighted by Gasteiger charge is 2.27. The van der Waals surface area contributed by atoms with Gasteiger partial charge in [0, 0.05) is 13.0 Å². The maximum absolute atomic E-state index is 12.1. The summed E-state index contributed by atoms with van der Waals surface area (Å²) in [5.41, 5.74) is -0.0583. The molecule has 0 saturated carbocycles. The van der Waals surface area contributed by atoms with Crippen LogP contribution in [0.1, 0.15) is 52.9 Å². The number of carbonyl (C=O) groups is 2. The molecule has 1 heterocycles. The average Bonchev–Trinajstić information content (AvgIpc) is 2.37. The predicted molar refractivity (Wildman–Crippen MR) is 78.5 cm³/mol. The molecule has 2 atom stereocenters. The molecule has 1 fully saturated rings. The molecule has 3 N–H and O–H groups in total. The Bertz CT molecular complexity index is 342. The summed E-state index contributed by atoms with van der Waals surface area (Å²) in [5, 5.41) is 15.0. The van der Waals surface area contributed by atoms with E-state index in [1.165, 1.54) is 0 Å². The van der Waals surface area contributed by atoms with Gasteiger partial charge in [-0.25, -0.2) is 0 Å². The fraction of sp³-hybridized carbons (Fsp3) is 0.867. The molecule has 0 aliphatic carbocycles. The van der Waals surface area contributed by atoms with Crippen molar-refractivity contribution in [2.75, 3.05) is 13.1 Å². The normalized spacial score (nSPS) is 23.4. The molecule has 20 heavy (non-hydrogen) atoms. The Balaban J connectivity index is 2.28. The van der Waals surface area contributed by atoms with E-state index in [4.69, 9.17) is 5.11 Å². The van der Waals surface area contributed by atoms with Crippen LogP contribution in [-0.4, -0.2) is 36.1 Å². The van der Waals surface area contributed by atoms with Gasteiger partial charge in [-0.3, -0.25) is 9.59 Å². The second-order valence-corrected chi connectivity index (χ2v) is 6.65. The highest BCUT2D eigenvalue weighted by atomic mass is 16.4. The second-order valence-electron chi connectivity index (χ2n) is 6.65. The summed E-state index contributed by atoms with van der Waals surface area (Å²) in [6, 6.07) is -0.0779. The van der Waals surface area contributed by atoms with Crippen molar-refractivity contribution in [1.29, 1.82) is 0 Å². The van der Waals surface area contributed by atoms with Crippen molar-refractivity contribution in [3.8, 4) is 0 Å². The zero-order valence-electron chi connectivity index (χ0n) is 12.9. The molecule has 1 aliphatic rings. The SMILES string of the molecule is CC1CCCNC1C(=O)NCCC(C)(C)CCC(=O)O. The number of aliphatic carboxylic acids is 1. The van der Waals surface area contributed by atoms with E-state index in [0.29, 0.717) is 18.9 Å². The van der Waals surface area contributed by atoms with Gasteiger partial charge in [-0.05, 0) is 43.6 Å². The molecule has 2 unspecified atom stereocenters. The summed E-state index contributed by atoms with van der Waals surface area (Å²) in [6.07, 6.45) is 3.84. The van der Waals surface area contributed by atoms with Crippen LogP contribution in [0.3, 0.4) is 0 Å². The van der Waals surface area contributed by atoms with Gasteiger partial charge in [0.05, 0.1) is 6.04 Å². The molecule has 0 radical (unpaired) electrons. The zero-order chi connectivity index (χ0) is 15.2. The number of carboxylic acids is 1. The monoisotopic (exact) mass is 284 g/mol. The van der Waals surface area contributed by atoms with Crippen molar-refractivity contribution < 1.29 is 14.7 Å². The first kappa shape index (κ1) is 17.0. The van der Waals surface area contributed by atoms with Crippen molar-refractivity contribution in [3.63, 3.8) is 0 Å². The Hall–Kier alpha value is -1.10. The second kappa shape index (κ2) is 7.62. The van der Waals surface area contributed by atoms with E-state index < -0.39 is 5.97 Å². The summed E-state index contributed by atoms with van der Waals surface area (Å²) in [5.74, 6) is -0.308. The standard InChI is InChI=1S/C15H28N2O3/c1-11-5-4-9-16-13(11)14(20)17-10-8-15(2,3)7-6-12(18)19/h11,13,16H,4-10H2,1-3H3,(H,17,20)(H,18,19). The smallest absolute Gasteiger partial charge is 0.303 e. The van der Waals surface area contributed by atoms with Crippen LogP contribution in [0, 0.1) is 11.3 Å². The Morgan fingerprint density at radius 3 is 2.65 bits per heavy atom. The summed E-state index contributed by atoms with van der Waals surface area (Å²) in [6.45, 7) is 7.71. The van der Waals surface area contributed by atoms with Gasteiger partial charge >= 0.3 is 5.97 Å². The van der Waals surface area contributed by atoms with Crippen LogP contribution in [0.4, 0.5) is 0 Å². The number of hydrogen-bond donors (Lipinski definition) is 3. The van der Waals surface area contributed by atoms with Crippen molar-refractivity contribution >= 4 is 11.9 Å². The maximum Gasteiger partial charge on any atom is 0.303 e. The van der Waals surface area contributed by atoms with Crippen LogP contribution < -0.4 is 10.6 Å². The summed E-state index contributed by atoms with van der Waals surface area (Å²) in [4.78, 5) is 22.7. The number of nitrogens with one attached hydrogen (secondary N) is 2. The van der Waals surface area contributed by atoms with Gasteiger partial charge < -0.3 is 15.7 Å². The van der Waals surface area contributed by atoms with Crippen molar-refractivity contribution in [2.45, 2.75) is 58.9 Å². The van der Waals surface area contributed by atoms with E-state index in [9.17, 15) is 9.59 Å². The number of carboxylic acid groups (broad SMARTS) is 1. The highest BCUT2D eigenvalue weighted by Crippen LogP contribution is 2.26. The molecule has 0 aromatic heterocycles. The topological polar surface area (TPSA) is 78.4 Å². The van der Waals surface area contributed by atoms with E-state index in [-0.39, 0.29) is 23.8 Å². The molecular weight excluding hydrogens is 256 g/mol. The number of amides is 1. The van der Waals surface area contributed by atoms with Crippen LogP contribution in [0.2, 0.25) is 0 Å². The van der Waals surface area contributed by atoms with Crippen LogP contribution >= 0.6 is 0 Å². The van der Waals surface area contributed by atoms with E-state index in [1.807, 2.05) is 13.8 Å². The first-order chi connectivity index (χ1) is 9.32. The molecule has 5 nitrogen and oxygen atoms in total. The van der Waals surface area contributed by atoms with Crippen LogP contribution in [0.25, 0.3) is 0 Å². The molecule has 0 spiro atoms. The molecule has 0 bridgehead atoms. The molecule has 116 valence electrons. The third kappa shape index (κ3) is 5.90. The Morgan fingerprint density at radius 2 is 2.05 bits per heavy atom. The lowest BCUT2D eigenvalue weighted by atomic mass is 9.84. The molecule has 0 aromatic carbocycles. The van der Waals surface area contributed by atoms with Gasteiger partial charge in [0.15, 0.2) is 0 Å². The molecule has 1 amide bonds. The third-order valence-electron chi connectivity index (χ3n) is 4.17. The van der Waals surface area contributed by atoms with Crippen molar-refractivity contribution in [3.05, 3.63) is 0 Å².